The van der Waals surface area contributed by atoms with E-state index in [2.05, 4.69) is 47.7 Å². The van der Waals surface area contributed by atoms with Gasteiger partial charge in [0.25, 0.3) is 0 Å². The lowest BCUT2D eigenvalue weighted by Gasteiger charge is -2.13. The molecule has 2 amide bonds. The molecule has 0 unspecified atom stereocenters. The highest BCUT2D eigenvalue weighted by Crippen LogP contribution is 2.37. The van der Waals surface area contributed by atoms with E-state index in [9.17, 15) is 9.59 Å². The zero-order valence-electron chi connectivity index (χ0n) is 19.0. The lowest BCUT2D eigenvalue weighted by molar-refractivity contribution is -0.126. The summed E-state index contributed by atoms with van der Waals surface area (Å²) in [6.07, 6.45) is 1.06. The number of halogens is 2. The van der Waals surface area contributed by atoms with Gasteiger partial charge in [-0.3, -0.25) is 9.59 Å². The van der Waals surface area contributed by atoms with E-state index in [1.54, 1.807) is 36.4 Å². The number of anilines is 1. The number of nitrogens with one attached hydrogen (secondary N) is 2. The predicted molar refractivity (Wildman–Crippen MR) is 141 cm³/mol. The first-order chi connectivity index (χ1) is 16.9. The van der Waals surface area contributed by atoms with Crippen LogP contribution >= 0.6 is 31.9 Å². The molecule has 3 aromatic carbocycles. The summed E-state index contributed by atoms with van der Waals surface area (Å²) in [5.41, 5.74) is 4.54. The minimum absolute atomic E-state index is 0.365. The molecule has 0 aliphatic rings. The van der Waals surface area contributed by atoms with Crippen LogP contribution in [0.15, 0.2) is 74.7 Å². The van der Waals surface area contributed by atoms with E-state index in [1.165, 1.54) is 20.4 Å². The normalized spacial score (nSPS) is 10.6. The molecule has 0 aliphatic heterocycles. The number of carbonyl (C=O) groups excluding carboxylic acids is 2. The first-order valence-corrected chi connectivity index (χ1v) is 12.0. The van der Waals surface area contributed by atoms with Crippen molar-refractivity contribution in [3.05, 3.63) is 80.7 Å². The maximum absolute atomic E-state index is 12.1. The summed E-state index contributed by atoms with van der Waals surface area (Å²) in [4.78, 5) is 24.2. The molecule has 0 atom stereocenters. The minimum Gasteiger partial charge on any atom is -0.497 e. The van der Waals surface area contributed by atoms with E-state index in [-0.39, 0.29) is 6.42 Å². The number of benzene rings is 3. The number of hydrogen-bond acceptors (Lipinski definition) is 6. The smallest absolute Gasteiger partial charge is 0.249 e. The van der Waals surface area contributed by atoms with Crippen molar-refractivity contribution in [3.63, 3.8) is 0 Å². The average molecular weight is 605 g/mol. The molecule has 0 bridgehead atoms. The summed E-state index contributed by atoms with van der Waals surface area (Å²) in [6.45, 7) is 0.365. The Kier molecular flexibility index (Phi) is 9.68. The number of hydrogen-bond donors (Lipinski definition) is 2. The Bertz CT molecular complexity index is 1220. The minimum atomic E-state index is -0.554. The van der Waals surface area contributed by atoms with Gasteiger partial charge in [-0.1, -0.05) is 34.1 Å². The third-order valence-electron chi connectivity index (χ3n) is 4.63. The molecule has 3 aromatic rings. The van der Waals surface area contributed by atoms with E-state index in [1.807, 2.05) is 24.3 Å². The van der Waals surface area contributed by atoms with Gasteiger partial charge >= 0.3 is 0 Å². The van der Waals surface area contributed by atoms with Crippen LogP contribution in [0.4, 0.5) is 5.69 Å². The van der Waals surface area contributed by atoms with Crippen molar-refractivity contribution in [2.75, 3.05) is 19.5 Å². The molecule has 0 aliphatic carbocycles. The van der Waals surface area contributed by atoms with Crippen LogP contribution in [0.3, 0.4) is 0 Å². The van der Waals surface area contributed by atoms with E-state index >= 15 is 0 Å². The predicted octanol–water partition coefficient (Wildman–Crippen LogP) is 5.29. The Labute approximate surface area is 219 Å². The van der Waals surface area contributed by atoms with E-state index in [0.29, 0.717) is 39.6 Å². The van der Waals surface area contributed by atoms with Gasteiger partial charge in [0.15, 0.2) is 11.5 Å². The molecule has 0 heterocycles. The average Bonchev–Trinajstić information content (AvgIpc) is 2.84. The standard InChI is InChI=1S/C25H23Br2N3O5/c1-33-20-5-3-4-19(12-20)29-23(31)13-24(32)30-28-14-17-10-21(27)25(22(11-17)34-2)35-15-16-6-8-18(26)9-7-16/h3-12,14H,13,15H2,1-2H3,(H,29,31)(H,30,32). The molecular weight excluding hydrogens is 582 g/mol. The second-order valence-electron chi connectivity index (χ2n) is 7.20. The number of amides is 2. The van der Waals surface area contributed by atoms with E-state index in [4.69, 9.17) is 14.2 Å². The van der Waals surface area contributed by atoms with Crippen molar-refractivity contribution in [1.82, 2.24) is 5.43 Å². The highest BCUT2D eigenvalue weighted by Gasteiger charge is 2.12. The monoisotopic (exact) mass is 603 g/mol. The fourth-order valence-electron chi connectivity index (χ4n) is 2.96. The van der Waals surface area contributed by atoms with E-state index < -0.39 is 11.8 Å². The van der Waals surface area contributed by atoms with Crippen LogP contribution in [-0.2, 0) is 16.2 Å². The lowest BCUT2D eigenvalue weighted by atomic mass is 10.2. The fraction of sp³-hybridized carbons (Fsp3) is 0.160. The van der Waals surface area contributed by atoms with Crippen LogP contribution in [-0.4, -0.2) is 32.2 Å². The molecule has 182 valence electrons. The number of carbonyl (C=O) groups is 2. The zero-order valence-corrected chi connectivity index (χ0v) is 22.2. The summed E-state index contributed by atoms with van der Waals surface area (Å²) in [6, 6.07) is 18.2. The second-order valence-corrected chi connectivity index (χ2v) is 8.97. The Morgan fingerprint density at radius 1 is 0.971 bits per heavy atom. The van der Waals surface area contributed by atoms with Gasteiger partial charge in [0.1, 0.15) is 18.8 Å². The molecule has 35 heavy (non-hydrogen) atoms. The van der Waals surface area contributed by atoms with Crippen LogP contribution in [0, 0.1) is 0 Å². The zero-order chi connectivity index (χ0) is 25.2. The van der Waals surface area contributed by atoms with Gasteiger partial charge in [0, 0.05) is 16.2 Å². The van der Waals surface area contributed by atoms with Gasteiger partial charge in [-0.2, -0.15) is 5.10 Å². The van der Waals surface area contributed by atoms with Crippen LogP contribution in [0.25, 0.3) is 0 Å². The third-order valence-corrected chi connectivity index (χ3v) is 5.74. The highest BCUT2D eigenvalue weighted by atomic mass is 79.9. The van der Waals surface area contributed by atoms with Gasteiger partial charge in [-0.15, -0.1) is 0 Å². The summed E-state index contributed by atoms with van der Waals surface area (Å²) < 4.78 is 18.2. The number of nitrogens with zero attached hydrogens (tertiary/aromatic N) is 1. The van der Waals surface area contributed by atoms with Crippen molar-refractivity contribution in [1.29, 1.82) is 0 Å². The van der Waals surface area contributed by atoms with Gasteiger partial charge < -0.3 is 19.5 Å². The molecule has 3 rings (SSSR count). The van der Waals surface area contributed by atoms with Gasteiger partial charge in [-0.05, 0) is 63.5 Å². The summed E-state index contributed by atoms with van der Waals surface area (Å²) in [5.74, 6) is 0.626. The Hall–Kier alpha value is -3.37. The Balaban J connectivity index is 1.55. The first-order valence-electron chi connectivity index (χ1n) is 10.4. The number of methoxy groups -OCH3 is 2. The van der Waals surface area contributed by atoms with Crippen LogP contribution in [0.1, 0.15) is 17.5 Å². The topological polar surface area (TPSA) is 98.2 Å². The van der Waals surface area contributed by atoms with Crippen LogP contribution < -0.4 is 25.0 Å². The van der Waals surface area contributed by atoms with Crippen molar-refractivity contribution >= 4 is 55.6 Å². The maximum Gasteiger partial charge on any atom is 0.249 e. The summed E-state index contributed by atoms with van der Waals surface area (Å²) in [7, 11) is 3.07. The third kappa shape index (κ3) is 8.11. The molecular formula is C25H23Br2N3O5. The maximum atomic E-state index is 12.1. The molecule has 0 fully saturated rings. The molecule has 0 saturated heterocycles. The second kappa shape index (κ2) is 12.9. The molecule has 10 heteroatoms. The van der Waals surface area contributed by atoms with Crippen LogP contribution in [0.5, 0.6) is 17.2 Å². The Morgan fingerprint density at radius 3 is 2.46 bits per heavy atom. The molecule has 0 aromatic heterocycles. The fourth-order valence-corrected chi connectivity index (χ4v) is 3.80. The van der Waals surface area contributed by atoms with Crippen molar-refractivity contribution in [3.8, 4) is 17.2 Å². The van der Waals surface area contributed by atoms with Crippen LogP contribution in [0.2, 0.25) is 0 Å². The molecule has 8 nitrogen and oxygen atoms in total. The van der Waals surface area contributed by atoms with Gasteiger partial charge in [-0.25, -0.2) is 5.43 Å². The molecule has 0 radical (unpaired) electrons. The number of hydrazone groups is 1. The number of rotatable bonds is 10. The highest BCUT2D eigenvalue weighted by molar-refractivity contribution is 9.10. The Morgan fingerprint density at radius 2 is 1.74 bits per heavy atom. The SMILES string of the molecule is COc1cccc(NC(=O)CC(=O)NN=Cc2cc(Br)c(OCc3ccc(Br)cc3)c(OC)c2)c1. The molecule has 0 spiro atoms. The lowest BCUT2D eigenvalue weighted by Crippen LogP contribution is -2.24. The van der Waals surface area contributed by atoms with Gasteiger partial charge in [0.05, 0.1) is 24.9 Å². The van der Waals surface area contributed by atoms with Crippen molar-refractivity contribution < 1.29 is 23.8 Å². The first kappa shape index (κ1) is 26.2. The summed E-state index contributed by atoms with van der Waals surface area (Å²) in [5, 5.41) is 6.57. The number of ether oxygens (including phenoxy) is 3. The van der Waals surface area contributed by atoms with E-state index in [0.717, 1.165) is 10.0 Å². The molecule has 0 saturated carbocycles. The quantitative estimate of drug-likeness (QED) is 0.186. The largest absolute Gasteiger partial charge is 0.497 e. The molecule has 2 N–H and O–H groups in total. The van der Waals surface area contributed by atoms with Gasteiger partial charge in [0.2, 0.25) is 11.8 Å². The van der Waals surface area contributed by atoms with Crippen molar-refractivity contribution in [2.24, 2.45) is 5.10 Å². The van der Waals surface area contributed by atoms with Crippen molar-refractivity contribution in [2.45, 2.75) is 13.0 Å². The summed E-state index contributed by atoms with van der Waals surface area (Å²) >= 11 is 6.91.